The number of carbonyl (C=O) groups excluding carboxylic acids is 1. The van der Waals surface area contributed by atoms with Crippen molar-refractivity contribution in [2.45, 2.75) is 62.9 Å². The van der Waals surface area contributed by atoms with Crippen LogP contribution in [0.3, 0.4) is 0 Å². The smallest absolute Gasteiger partial charge is 0.233 e. The summed E-state index contributed by atoms with van der Waals surface area (Å²) in [6.07, 6.45) is 5.05. The molecule has 2 atom stereocenters. The molecule has 2 saturated heterocycles. The minimum atomic E-state index is 0.106. The van der Waals surface area contributed by atoms with Crippen LogP contribution in [0.15, 0.2) is 5.16 Å². The van der Waals surface area contributed by atoms with Crippen molar-refractivity contribution in [3.05, 3.63) is 0 Å². The Hall–Kier alpha value is -1.28. The first-order chi connectivity index (χ1) is 12.1. The number of morpholine rings is 1. The van der Waals surface area contributed by atoms with E-state index in [1.165, 1.54) is 37.4 Å². The van der Waals surface area contributed by atoms with Crippen molar-refractivity contribution in [1.29, 1.82) is 0 Å². The van der Waals surface area contributed by atoms with Gasteiger partial charge in [-0.25, -0.2) is 0 Å². The normalized spacial score (nSPS) is 27.1. The second-order valence-electron chi connectivity index (χ2n) is 7.42. The SMILES string of the molecule is CC1CN(C(=O)CSc2nnc(N3CCCC3)n2C2CC2)CC(C)O1. The number of aromatic nitrogens is 3. The summed E-state index contributed by atoms with van der Waals surface area (Å²) in [5, 5.41) is 9.75. The summed E-state index contributed by atoms with van der Waals surface area (Å²) in [6, 6.07) is 0.520. The highest BCUT2D eigenvalue weighted by Crippen LogP contribution is 2.41. The number of hydrogen-bond donors (Lipinski definition) is 0. The second-order valence-corrected chi connectivity index (χ2v) is 8.37. The topological polar surface area (TPSA) is 63.5 Å². The molecule has 3 heterocycles. The Morgan fingerprint density at radius 1 is 1.16 bits per heavy atom. The van der Waals surface area contributed by atoms with Gasteiger partial charge < -0.3 is 14.5 Å². The molecule has 0 radical (unpaired) electrons. The molecule has 25 heavy (non-hydrogen) atoms. The summed E-state index contributed by atoms with van der Waals surface area (Å²) in [5.41, 5.74) is 0. The summed E-state index contributed by atoms with van der Waals surface area (Å²) in [5.74, 6) is 1.59. The van der Waals surface area contributed by atoms with Crippen molar-refractivity contribution in [2.75, 3.05) is 36.8 Å². The Morgan fingerprint density at radius 2 is 1.84 bits per heavy atom. The average Bonchev–Trinajstić information content (AvgIpc) is 3.10. The maximum Gasteiger partial charge on any atom is 0.233 e. The quantitative estimate of drug-likeness (QED) is 0.743. The fourth-order valence-corrected chi connectivity index (χ4v) is 4.66. The van der Waals surface area contributed by atoms with E-state index in [1.54, 1.807) is 0 Å². The molecule has 1 aliphatic carbocycles. The Balaban J connectivity index is 1.41. The highest BCUT2D eigenvalue weighted by atomic mass is 32.2. The summed E-state index contributed by atoms with van der Waals surface area (Å²) in [7, 11) is 0. The molecule has 1 saturated carbocycles. The van der Waals surface area contributed by atoms with E-state index in [0.717, 1.165) is 24.2 Å². The summed E-state index contributed by atoms with van der Waals surface area (Å²) >= 11 is 1.53. The summed E-state index contributed by atoms with van der Waals surface area (Å²) in [6.45, 7) is 7.54. The molecule has 7 nitrogen and oxygen atoms in total. The van der Waals surface area contributed by atoms with Gasteiger partial charge in [-0.3, -0.25) is 9.36 Å². The molecule has 1 aromatic rings. The van der Waals surface area contributed by atoms with E-state index in [2.05, 4.69) is 19.7 Å². The summed E-state index contributed by atoms with van der Waals surface area (Å²) < 4.78 is 7.99. The van der Waals surface area contributed by atoms with Crippen molar-refractivity contribution in [3.8, 4) is 0 Å². The Bertz CT molecular complexity index is 617. The van der Waals surface area contributed by atoms with E-state index in [4.69, 9.17) is 4.74 Å². The zero-order valence-corrected chi connectivity index (χ0v) is 15.9. The lowest BCUT2D eigenvalue weighted by Gasteiger charge is -2.35. The van der Waals surface area contributed by atoms with Crippen molar-refractivity contribution in [1.82, 2.24) is 19.7 Å². The van der Waals surface area contributed by atoms with Crippen LogP contribution in [0, 0.1) is 0 Å². The van der Waals surface area contributed by atoms with Gasteiger partial charge in [-0.05, 0) is 39.5 Å². The molecule has 1 aromatic heterocycles. The van der Waals surface area contributed by atoms with Gasteiger partial charge in [-0.15, -0.1) is 10.2 Å². The average molecular weight is 366 g/mol. The van der Waals surface area contributed by atoms with Crippen LogP contribution in [-0.2, 0) is 9.53 Å². The van der Waals surface area contributed by atoms with Crippen LogP contribution in [0.25, 0.3) is 0 Å². The maximum absolute atomic E-state index is 12.6. The van der Waals surface area contributed by atoms with Crippen molar-refractivity contribution < 1.29 is 9.53 Å². The first kappa shape index (κ1) is 17.1. The predicted molar refractivity (Wildman–Crippen MR) is 97.1 cm³/mol. The molecule has 8 heteroatoms. The highest BCUT2D eigenvalue weighted by Gasteiger charge is 2.33. The molecule has 4 rings (SSSR count). The third-order valence-electron chi connectivity index (χ3n) is 5.04. The van der Waals surface area contributed by atoms with Gasteiger partial charge in [-0.2, -0.15) is 0 Å². The zero-order valence-electron chi connectivity index (χ0n) is 15.1. The van der Waals surface area contributed by atoms with Gasteiger partial charge in [-0.1, -0.05) is 11.8 Å². The van der Waals surface area contributed by atoms with Gasteiger partial charge in [0, 0.05) is 32.2 Å². The molecule has 0 bridgehead atoms. The number of carbonyl (C=O) groups is 1. The molecular formula is C17H27N5O2S. The van der Waals surface area contributed by atoms with Gasteiger partial charge in [0.05, 0.1) is 18.0 Å². The number of hydrogen-bond acceptors (Lipinski definition) is 6. The molecule has 0 spiro atoms. The second kappa shape index (κ2) is 7.15. The van der Waals surface area contributed by atoms with Crippen LogP contribution in [0.2, 0.25) is 0 Å². The first-order valence-electron chi connectivity index (χ1n) is 9.37. The van der Waals surface area contributed by atoms with E-state index < -0.39 is 0 Å². The Labute approximate surface area is 153 Å². The van der Waals surface area contributed by atoms with E-state index in [-0.39, 0.29) is 18.1 Å². The lowest BCUT2D eigenvalue weighted by Crippen LogP contribution is -2.48. The van der Waals surface area contributed by atoms with Crippen LogP contribution >= 0.6 is 11.8 Å². The monoisotopic (exact) mass is 365 g/mol. The number of ether oxygens (including phenoxy) is 1. The van der Waals surface area contributed by atoms with E-state index in [0.29, 0.717) is 24.9 Å². The molecule has 138 valence electrons. The highest BCUT2D eigenvalue weighted by molar-refractivity contribution is 7.99. The third kappa shape index (κ3) is 3.79. The maximum atomic E-state index is 12.6. The molecular weight excluding hydrogens is 338 g/mol. The third-order valence-corrected chi connectivity index (χ3v) is 5.97. The number of anilines is 1. The van der Waals surface area contributed by atoms with Crippen LogP contribution in [0.5, 0.6) is 0 Å². The molecule has 0 aromatic carbocycles. The number of nitrogens with zero attached hydrogens (tertiary/aromatic N) is 5. The van der Waals surface area contributed by atoms with Crippen LogP contribution in [-0.4, -0.2) is 69.7 Å². The number of amides is 1. The molecule has 2 unspecified atom stereocenters. The molecule has 2 aliphatic heterocycles. The molecule has 0 N–H and O–H groups in total. The fraction of sp³-hybridized carbons (Fsp3) is 0.824. The van der Waals surface area contributed by atoms with E-state index >= 15 is 0 Å². The zero-order chi connectivity index (χ0) is 17.4. The largest absolute Gasteiger partial charge is 0.372 e. The van der Waals surface area contributed by atoms with Gasteiger partial charge in [0.2, 0.25) is 11.9 Å². The lowest BCUT2D eigenvalue weighted by atomic mass is 10.2. The summed E-state index contributed by atoms with van der Waals surface area (Å²) in [4.78, 5) is 16.9. The van der Waals surface area contributed by atoms with Gasteiger partial charge in [0.1, 0.15) is 0 Å². The molecule has 1 amide bonds. The van der Waals surface area contributed by atoms with Crippen molar-refractivity contribution in [2.24, 2.45) is 0 Å². The van der Waals surface area contributed by atoms with Crippen LogP contribution in [0.4, 0.5) is 5.95 Å². The minimum absolute atomic E-state index is 0.106. The minimum Gasteiger partial charge on any atom is -0.372 e. The van der Waals surface area contributed by atoms with Crippen LogP contribution in [0.1, 0.15) is 45.6 Å². The van der Waals surface area contributed by atoms with Gasteiger partial charge in [0.25, 0.3) is 0 Å². The first-order valence-corrected chi connectivity index (χ1v) is 10.4. The number of rotatable bonds is 5. The van der Waals surface area contributed by atoms with E-state index in [1.807, 2.05) is 18.7 Å². The standard InChI is InChI=1S/C17H27N5O2S/c1-12-9-21(10-13(2)24-12)15(23)11-25-17-19-18-16(20-7-3-4-8-20)22(17)14-5-6-14/h12-14H,3-11H2,1-2H3. The Morgan fingerprint density at radius 3 is 2.48 bits per heavy atom. The molecule has 3 aliphatic rings. The Kier molecular flexibility index (Phi) is 4.90. The van der Waals surface area contributed by atoms with Crippen molar-refractivity contribution in [3.63, 3.8) is 0 Å². The van der Waals surface area contributed by atoms with Crippen LogP contribution < -0.4 is 4.90 Å². The molecule has 3 fully saturated rings. The predicted octanol–water partition coefficient (Wildman–Crippen LogP) is 1.94. The lowest BCUT2D eigenvalue weighted by molar-refractivity contribution is -0.140. The number of thioether (sulfide) groups is 1. The van der Waals surface area contributed by atoms with Gasteiger partial charge >= 0.3 is 0 Å². The van der Waals surface area contributed by atoms with E-state index in [9.17, 15) is 4.79 Å². The van der Waals surface area contributed by atoms with Crippen molar-refractivity contribution >= 4 is 23.6 Å². The van der Waals surface area contributed by atoms with Gasteiger partial charge in [0.15, 0.2) is 5.16 Å². The fourth-order valence-electron chi connectivity index (χ4n) is 3.75.